The first-order valence-corrected chi connectivity index (χ1v) is 14.1. The number of anilines is 1. The van der Waals surface area contributed by atoms with Crippen molar-refractivity contribution in [2.24, 2.45) is 10.2 Å². The van der Waals surface area contributed by atoms with Crippen LogP contribution < -0.4 is 13.7 Å². The van der Waals surface area contributed by atoms with Crippen LogP contribution in [0.2, 0.25) is 5.02 Å². The molecule has 0 aliphatic rings. The number of hydrogen-bond acceptors (Lipinski definition) is 10. The van der Waals surface area contributed by atoms with E-state index < -0.39 is 50.0 Å². The molecular weight excluding hydrogens is 590 g/mol. The first kappa shape index (κ1) is 28.8. The van der Waals surface area contributed by atoms with Gasteiger partial charge in [-0.1, -0.05) is 41.9 Å². The lowest BCUT2D eigenvalue weighted by atomic mass is 9.99. The number of nitrogens with one attached hydrogen (secondary N) is 1. The van der Waals surface area contributed by atoms with E-state index >= 15 is 0 Å². The van der Waals surface area contributed by atoms with Gasteiger partial charge in [-0.2, -0.15) is 27.1 Å². The zero-order chi connectivity index (χ0) is 29.2. The number of carbonyl (C=O) groups excluding carboxylic acids is 2. The highest BCUT2D eigenvalue weighted by Crippen LogP contribution is 2.48. The molecule has 0 saturated carbocycles. The summed E-state index contributed by atoms with van der Waals surface area (Å²) < 4.78 is 75.5. The zero-order valence-corrected chi connectivity index (χ0v) is 22.6. The van der Waals surface area contributed by atoms with E-state index in [0.29, 0.717) is 5.69 Å². The smallest absolute Gasteiger partial charge is 0.360 e. The molecule has 1 unspecified atom stereocenters. The van der Waals surface area contributed by atoms with Gasteiger partial charge in [0.15, 0.2) is 17.3 Å². The lowest BCUT2D eigenvalue weighted by Gasteiger charge is -2.16. The summed E-state index contributed by atoms with van der Waals surface area (Å²) in [4.78, 5) is 25.0. The molecule has 0 saturated heterocycles. The molecule has 0 radical (unpaired) electrons. The molecule has 208 valence electrons. The Kier molecular flexibility index (Phi) is 8.04. The van der Waals surface area contributed by atoms with Gasteiger partial charge in [-0.15, -0.1) is 0 Å². The predicted octanol–water partition coefficient (Wildman–Crippen LogP) is 4.69. The summed E-state index contributed by atoms with van der Waals surface area (Å²) in [5, 5.41) is 9.71. The number of Topliss-reactive ketones (excluding diaryl/α,β-unsaturated/α-hetero) is 1. The van der Waals surface area contributed by atoms with Gasteiger partial charge in [0.25, 0.3) is 5.91 Å². The van der Waals surface area contributed by atoms with E-state index in [1.165, 1.54) is 36.4 Å². The third-order valence-electron chi connectivity index (χ3n) is 5.32. The Labute approximate surface area is 232 Å². The van der Waals surface area contributed by atoms with Gasteiger partial charge >= 0.3 is 20.8 Å². The predicted molar refractivity (Wildman–Crippen MR) is 145 cm³/mol. The lowest BCUT2D eigenvalue weighted by Crippen LogP contribution is -2.31. The van der Waals surface area contributed by atoms with Crippen molar-refractivity contribution in [1.29, 1.82) is 0 Å². The lowest BCUT2D eigenvalue weighted by molar-refractivity contribution is -0.126. The first-order valence-electron chi connectivity index (χ1n) is 11.0. The Hall–Kier alpha value is -4.15. The minimum atomic E-state index is -5.17. The van der Waals surface area contributed by atoms with Crippen LogP contribution in [0.4, 0.5) is 11.4 Å². The maximum Gasteiger partial charge on any atom is 0.446 e. The fraction of sp³-hybridized carbons (Fsp3) is 0.0833. The van der Waals surface area contributed by atoms with Crippen LogP contribution in [-0.2, 0) is 30.4 Å². The third-order valence-corrected chi connectivity index (χ3v) is 6.31. The Balaban J connectivity index is 1.97. The van der Waals surface area contributed by atoms with Crippen LogP contribution in [0.1, 0.15) is 6.92 Å². The van der Waals surface area contributed by atoms with E-state index in [2.05, 4.69) is 15.5 Å². The largest absolute Gasteiger partial charge is 0.446 e. The van der Waals surface area contributed by atoms with Gasteiger partial charge < -0.3 is 13.7 Å². The number of azo groups is 1. The molecule has 13 nitrogen and oxygen atoms in total. The first-order chi connectivity index (χ1) is 18.7. The Morgan fingerprint density at radius 3 is 2.12 bits per heavy atom. The van der Waals surface area contributed by atoms with Gasteiger partial charge in [0, 0.05) is 26.9 Å². The monoisotopic (exact) mass is 607 g/mol. The second kappa shape index (κ2) is 11.1. The minimum absolute atomic E-state index is 0.0539. The van der Waals surface area contributed by atoms with E-state index in [9.17, 15) is 35.5 Å². The van der Waals surface area contributed by atoms with Gasteiger partial charge in [0.05, 0.1) is 11.1 Å². The number of para-hydroxylation sites is 1. The molecule has 4 aromatic carbocycles. The fourth-order valence-electron chi connectivity index (χ4n) is 3.79. The van der Waals surface area contributed by atoms with Crippen molar-refractivity contribution in [2.75, 3.05) is 5.32 Å². The molecule has 0 bridgehead atoms. The number of benzene rings is 4. The molecule has 0 aromatic heterocycles. The van der Waals surface area contributed by atoms with E-state index in [1.54, 1.807) is 30.3 Å². The molecule has 0 aliphatic heterocycles. The molecule has 40 heavy (non-hydrogen) atoms. The quantitative estimate of drug-likeness (QED) is 0.104. The summed E-state index contributed by atoms with van der Waals surface area (Å²) in [6.07, 6.45) is 0. The van der Waals surface area contributed by atoms with Crippen molar-refractivity contribution < 1.29 is 43.9 Å². The highest BCUT2D eigenvalue weighted by molar-refractivity contribution is 7.81. The number of hydrogen-bond donors (Lipinski definition) is 3. The van der Waals surface area contributed by atoms with Crippen LogP contribution in [0.5, 0.6) is 11.5 Å². The van der Waals surface area contributed by atoms with Gasteiger partial charge in [-0.05, 0) is 43.3 Å². The number of ketones is 1. The second-order valence-corrected chi connectivity index (χ2v) is 10.6. The maximum absolute atomic E-state index is 12.8. The van der Waals surface area contributed by atoms with Gasteiger partial charge in [0.2, 0.25) is 6.04 Å². The van der Waals surface area contributed by atoms with Crippen molar-refractivity contribution in [3.05, 3.63) is 71.8 Å². The van der Waals surface area contributed by atoms with Crippen molar-refractivity contribution in [3.63, 3.8) is 0 Å². The van der Waals surface area contributed by atoms with Crippen LogP contribution in [-0.4, -0.2) is 43.7 Å². The molecule has 0 aliphatic carbocycles. The van der Waals surface area contributed by atoms with E-state index in [1.807, 2.05) is 0 Å². The summed E-state index contributed by atoms with van der Waals surface area (Å²) >= 11 is 6.08. The second-order valence-electron chi connectivity index (χ2n) is 8.15. The number of nitrogens with zero attached hydrogens (tertiary/aromatic N) is 2. The number of carbonyl (C=O) groups is 2. The molecule has 1 atom stereocenters. The molecular formula is C24H18ClN3O10S2. The van der Waals surface area contributed by atoms with Crippen molar-refractivity contribution in [1.82, 2.24) is 0 Å². The molecule has 0 fully saturated rings. The van der Waals surface area contributed by atoms with E-state index in [4.69, 9.17) is 20.0 Å². The number of fused-ring (bicyclic) bond motifs is 2. The van der Waals surface area contributed by atoms with Crippen LogP contribution in [0.3, 0.4) is 0 Å². The van der Waals surface area contributed by atoms with E-state index in [-0.39, 0.29) is 32.3 Å². The van der Waals surface area contributed by atoms with Crippen LogP contribution >= 0.6 is 11.6 Å². The number of rotatable bonds is 9. The maximum atomic E-state index is 12.8. The summed E-state index contributed by atoms with van der Waals surface area (Å²) in [5.41, 5.74) is 0.162. The molecule has 4 aromatic rings. The molecule has 3 N–H and O–H groups in total. The van der Waals surface area contributed by atoms with Crippen LogP contribution in [0, 0.1) is 0 Å². The number of halogens is 1. The average molecular weight is 608 g/mol. The van der Waals surface area contributed by atoms with Gasteiger partial charge in [-0.25, -0.2) is 0 Å². The Morgan fingerprint density at radius 1 is 0.850 bits per heavy atom. The standard InChI is InChI=1S/C24H18ClN3O10S2/c1-13(29)21(24(30)26-15-6-3-2-4-7-15)28-27-19-9-5-8-17-20(19)23(38-40(34,35)36)18-12-14(25)10-11-16(18)22(17)37-39(31,32)33/h2-12,21H,1H3,(H,26,30)(H,31,32,33)(H,34,35,36). The normalized spacial score (nSPS) is 12.9. The average Bonchev–Trinajstić information content (AvgIpc) is 2.85. The molecule has 16 heteroatoms. The Bertz CT molecular complexity index is 1900. The van der Waals surface area contributed by atoms with Crippen LogP contribution in [0.15, 0.2) is 77.0 Å². The molecule has 4 rings (SSSR count). The Morgan fingerprint density at radius 2 is 1.50 bits per heavy atom. The van der Waals surface area contributed by atoms with Crippen LogP contribution in [0.25, 0.3) is 21.5 Å². The molecule has 0 spiro atoms. The van der Waals surface area contributed by atoms with E-state index in [0.717, 1.165) is 6.92 Å². The topological polar surface area (TPSA) is 198 Å². The summed E-state index contributed by atoms with van der Waals surface area (Å²) in [6, 6.07) is 14.3. The minimum Gasteiger partial charge on any atom is -0.360 e. The third kappa shape index (κ3) is 6.70. The van der Waals surface area contributed by atoms with Crippen molar-refractivity contribution in [3.8, 4) is 11.5 Å². The highest BCUT2D eigenvalue weighted by Gasteiger charge is 2.26. The van der Waals surface area contributed by atoms with Gasteiger partial charge in [-0.3, -0.25) is 18.7 Å². The summed E-state index contributed by atoms with van der Waals surface area (Å²) in [6.45, 7) is 1.11. The summed E-state index contributed by atoms with van der Waals surface area (Å²) in [5.74, 6) is -2.52. The molecule has 0 heterocycles. The highest BCUT2D eigenvalue weighted by atomic mass is 35.5. The molecule has 1 amide bonds. The fourth-order valence-corrected chi connectivity index (χ4v) is 4.74. The van der Waals surface area contributed by atoms with Crippen molar-refractivity contribution >= 4 is 77.0 Å². The summed E-state index contributed by atoms with van der Waals surface area (Å²) in [7, 11) is -10.3. The number of amides is 1. The zero-order valence-electron chi connectivity index (χ0n) is 20.2. The SMILES string of the molecule is CC(=O)C(N=Nc1cccc2c(OS(=O)(=O)O)c3ccc(Cl)cc3c(OS(=O)(=O)O)c12)C(=O)Nc1ccccc1. The van der Waals surface area contributed by atoms with Gasteiger partial charge in [0.1, 0.15) is 0 Å². The van der Waals surface area contributed by atoms with Crippen molar-refractivity contribution in [2.45, 2.75) is 13.0 Å².